The molecule has 0 aromatic heterocycles. The highest BCUT2D eigenvalue weighted by molar-refractivity contribution is 5.97. The monoisotopic (exact) mass is 317 g/mol. The third-order valence-electron chi connectivity index (χ3n) is 3.46. The van der Waals surface area contributed by atoms with Gasteiger partial charge in [-0.1, -0.05) is 12.6 Å². The lowest BCUT2D eigenvalue weighted by atomic mass is 10.2. The van der Waals surface area contributed by atoms with Gasteiger partial charge in [0, 0.05) is 24.7 Å². The second-order valence-electron chi connectivity index (χ2n) is 5.10. The summed E-state index contributed by atoms with van der Waals surface area (Å²) in [6, 6.07) is 6.90. The fourth-order valence-electron chi connectivity index (χ4n) is 2.35. The Morgan fingerprint density at radius 2 is 2.26 bits per heavy atom. The van der Waals surface area contributed by atoms with E-state index in [-0.39, 0.29) is 30.8 Å². The lowest BCUT2D eigenvalue weighted by Crippen LogP contribution is -2.42. The minimum absolute atomic E-state index is 0.0707. The van der Waals surface area contributed by atoms with Gasteiger partial charge in [-0.25, -0.2) is 0 Å². The molecule has 1 atom stereocenters. The Hall–Kier alpha value is -2.83. The van der Waals surface area contributed by atoms with Crippen LogP contribution in [0, 0.1) is 0 Å². The van der Waals surface area contributed by atoms with Crippen molar-refractivity contribution < 1.29 is 19.1 Å². The van der Waals surface area contributed by atoms with E-state index in [9.17, 15) is 14.4 Å². The van der Waals surface area contributed by atoms with Crippen LogP contribution in [0.2, 0.25) is 0 Å². The number of rotatable bonds is 6. The molecule has 0 saturated carbocycles. The molecule has 1 heterocycles. The topological polar surface area (TPSA) is 87.7 Å². The molecule has 0 spiro atoms. The molecule has 1 saturated heterocycles. The normalized spacial score (nSPS) is 16.8. The Kier molecular flexibility index (Phi) is 5.35. The molecule has 1 fully saturated rings. The van der Waals surface area contributed by atoms with Crippen molar-refractivity contribution >= 4 is 23.4 Å². The highest BCUT2D eigenvalue weighted by Crippen LogP contribution is 2.25. The third-order valence-corrected chi connectivity index (χ3v) is 3.46. The van der Waals surface area contributed by atoms with Gasteiger partial charge in [-0.3, -0.25) is 14.4 Å². The van der Waals surface area contributed by atoms with Crippen molar-refractivity contribution in [3.8, 4) is 5.75 Å². The number of ether oxygens (including phenoxy) is 1. The summed E-state index contributed by atoms with van der Waals surface area (Å²) < 4.78 is 5.15. The maximum Gasteiger partial charge on any atom is 0.243 e. The quantitative estimate of drug-likeness (QED) is 0.735. The number of nitrogens with one attached hydrogen (secondary N) is 2. The predicted molar refractivity (Wildman–Crippen MR) is 85.1 cm³/mol. The molecule has 23 heavy (non-hydrogen) atoms. The van der Waals surface area contributed by atoms with E-state index in [0.29, 0.717) is 12.3 Å². The summed E-state index contributed by atoms with van der Waals surface area (Å²) in [5.41, 5.74) is 0.728. The van der Waals surface area contributed by atoms with Gasteiger partial charge in [0.25, 0.3) is 0 Å². The van der Waals surface area contributed by atoms with Gasteiger partial charge in [0.1, 0.15) is 5.75 Å². The molecule has 1 aliphatic rings. The van der Waals surface area contributed by atoms with Crippen LogP contribution >= 0.6 is 0 Å². The fraction of sp³-hybridized carbons (Fsp3) is 0.312. The van der Waals surface area contributed by atoms with Crippen molar-refractivity contribution in [2.45, 2.75) is 12.5 Å². The van der Waals surface area contributed by atoms with E-state index in [1.807, 2.05) is 6.07 Å². The molecule has 3 amide bonds. The number of anilines is 1. The van der Waals surface area contributed by atoms with Crippen molar-refractivity contribution in [1.82, 2.24) is 10.6 Å². The largest absolute Gasteiger partial charge is 0.497 e. The Bertz CT molecular complexity index is 630. The van der Waals surface area contributed by atoms with E-state index >= 15 is 0 Å². The molecule has 7 nitrogen and oxygen atoms in total. The molecule has 0 aliphatic carbocycles. The van der Waals surface area contributed by atoms with Crippen LogP contribution in [0.5, 0.6) is 5.75 Å². The van der Waals surface area contributed by atoms with E-state index in [4.69, 9.17) is 4.74 Å². The van der Waals surface area contributed by atoms with Crippen molar-refractivity contribution in [2.75, 3.05) is 25.1 Å². The smallest absolute Gasteiger partial charge is 0.243 e. The first kappa shape index (κ1) is 16.5. The summed E-state index contributed by atoms with van der Waals surface area (Å²) in [6.45, 7) is 3.54. The molecular weight excluding hydrogens is 298 g/mol. The summed E-state index contributed by atoms with van der Waals surface area (Å²) in [6.07, 6.45) is 1.31. The number of hydrogen-bond acceptors (Lipinski definition) is 4. The maximum atomic E-state index is 12.1. The number of carbonyl (C=O) groups excluding carboxylic acids is 3. The van der Waals surface area contributed by atoms with Gasteiger partial charge in [0.15, 0.2) is 0 Å². The van der Waals surface area contributed by atoms with E-state index in [2.05, 4.69) is 17.2 Å². The highest BCUT2D eigenvalue weighted by Gasteiger charge is 2.31. The molecule has 0 bridgehead atoms. The van der Waals surface area contributed by atoms with Crippen LogP contribution < -0.4 is 20.3 Å². The van der Waals surface area contributed by atoms with Crippen molar-refractivity contribution in [1.29, 1.82) is 0 Å². The molecule has 122 valence electrons. The van der Waals surface area contributed by atoms with Crippen LogP contribution in [-0.4, -0.2) is 44.0 Å². The second kappa shape index (κ2) is 7.44. The first-order chi connectivity index (χ1) is 11.0. The third kappa shape index (κ3) is 4.32. The van der Waals surface area contributed by atoms with Crippen molar-refractivity contribution in [3.63, 3.8) is 0 Å². The van der Waals surface area contributed by atoms with E-state index in [1.54, 1.807) is 30.2 Å². The lowest BCUT2D eigenvalue weighted by molar-refractivity contribution is -0.124. The standard InChI is InChI=1S/C16H19N3O4/c1-3-14(20)17-9-15(21)18-11-7-16(22)19(10-11)12-5-4-6-13(8-12)23-2/h3-6,8,11H,1,7,9-10H2,2H3,(H,17,20)(H,18,21). The van der Waals surface area contributed by atoms with Gasteiger partial charge in [-0.15, -0.1) is 0 Å². The number of benzene rings is 1. The molecule has 2 N–H and O–H groups in total. The van der Waals surface area contributed by atoms with Crippen LogP contribution in [0.4, 0.5) is 5.69 Å². The number of amides is 3. The maximum absolute atomic E-state index is 12.1. The average Bonchev–Trinajstić information content (AvgIpc) is 2.92. The van der Waals surface area contributed by atoms with Crippen LogP contribution in [-0.2, 0) is 14.4 Å². The summed E-state index contributed by atoms with van der Waals surface area (Å²) in [4.78, 5) is 36.5. The van der Waals surface area contributed by atoms with Crippen molar-refractivity contribution in [3.05, 3.63) is 36.9 Å². The highest BCUT2D eigenvalue weighted by atomic mass is 16.5. The second-order valence-corrected chi connectivity index (χ2v) is 5.10. The van der Waals surface area contributed by atoms with Crippen LogP contribution in [0.3, 0.4) is 0 Å². The van der Waals surface area contributed by atoms with Gasteiger partial charge in [-0.2, -0.15) is 0 Å². The van der Waals surface area contributed by atoms with E-state index in [0.717, 1.165) is 11.8 Å². The first-order valence-electron chi connectivity index (χ1n) is 7.17. The molecule has 1 unspecified atom stereocenters. The van der Waals surface area contributed by atoms with Gasteiger partial charge in [-0.05, 0) is 18.2 Å². The summed E-state index contributed by atoms with van der Waals surface area (Å²) in [5.74, 6) is -0.167. The Morgan fingerprint density at radius 3 is 2.96 bits per heavy atom. The van der Waals surface area contributed by atoms with Crippen molar-refractivity contribution in [2.24, 2.45) is 0 Å². The zero-order valence-corrected chi connectivity index (χ0v) is 12.9. The summed E-state index contributed by atoms with van der Waals surface area (Å²) in [7, 11) is 1.56. The Labute approximate surface area is 134 Å². The lowest BCUT2D eigenvalue weighted by Gasteiger charge is -2.18. The number of nitrogens with zero attached hydrogens (tertiary/aromatic N) is 1. The predicted octanol–water partition coefficient (Wildman–Crippen LogP) is 0.219. The number of methoxy groups -OCH3 is 1. The van der Waals surface area contributed by atoms with Crippen LogP contribution in [0.15, 0.2) is 36.9 Å². The molecule has 0 radical (unpaired) electrons. The minimum Gasteiger partial charge on any atom is -0.497 e. The molecule has 7 heteroatoms. The van der Waals surface area contributed by atoms with Gasteiger partial charge >= 0.3 is 0 Å². The van der Waals surface area contributed by atoms with E-state index in [1.165, 1.54) is 0 Å². The Balaban J connectivity index is 1.93. The fourth-order valence-corrected chi connectivity index (χ4v) is 2.35. The summed E-state index contributed by atoms with van der Waals surface area (Å²) in [5, 5.41) is 5.13. The minimum atomic E-state index is -0.416. The van der Waals surface area contributed by atoms with Crippen LogP contribution in [0.25, 0.3) is 0 Å². The molecule has 2 rings (SSSR count). The average molecular weight is 317 g/mol. The van der Waals surface area contributed by atoms with Gasteiger partial charge in [0.2, 0.25) is 17.7 Å². The molecule has 1 aromatic rings. The number of carbonyl (C=O) groups is 3. The number of hydrogen-bond donors (Lipinski definition) is 2. The molecule has 1 aliphatic heterocycles. The zero-order valence-electron chi connectivity index (χ0n) is 12.9. The van der Waals surface area contributed by atoms with E-state index < -0.39 is 5.91 Å². The van der Waals surface area contributed by atoms with Crippen LogP contribution in [0.1, 0.15) is 6.42 Å². The first-order valence-corrected chi connectivity index (χ1v) is 7.17. The zero-order chi connectivity index (χ0) is 16.8. The SMILES string of the molecule is C=CC(=O)NCC(=O)NC1CC(=O)N(c2cccc(OC)c2)C1. The Morgan fingerprint density at radius 1 is 1.48 bits per heavy atom. The molecular formula is C16H19N3O4. The summed E-state index contributed by atoms with van der Waals surface area (Å²) >= 11 is 0. The van der Waals surface area contributed by atoms with Gasteiger partial charge in [0.05, 0.1) is 19.7 Å². The molecule has 1 aromatic carbocycles. The van der Waals surface area contributed by atoms with Gasteiger partial charge < -0.3 is 20.3 Å².